The quantitative estimate of drug-likeness (QED) is 0.534. The van der Waals surface area contributed by atoms with Gasteiger partial charge in [0.15, 0.2) is 11.6 Å². The van der Waals surface area contributed by atoms with Gasteiger partial charge in [-0.15, -0.1) is 0 Å². The number of hydrogen-bond donors (Lipinski definition) is 0. The average molecular weight is 383 g/mol. The van der Waals surface area contributed by atoms with E-state index in [9.17, 15) is 9.59 Å². The minimum absolute atomic E-state index is 0.268. The Balaban J connectivity index is 1.55. The monoisotopic (exact) mass is 382 g/mol. The Labute approximate surface area is 171 Å². The van der Waals surface area contributed by atoms with Crippen LogP contribution in [-0.2, 0) is 9.59 Å². The Morgan fingerprint density at radius 3 is 2.68 bits per heavy atom. The van der Waals surface area contributed by atoms with E-state index in [-0.39, 0.29) is 5.41 Å². The van der Waals surface area contributed by atoms with E-state index < -0.39 is 0 Å². The van der Waals surface area contributed by atoms with Gasteiger partial charge in [-0.2, -0.15) is 0 Å². The average Bonchev–Trinajstić information content (AvgIpc) is 3.00. The van der Waals surface area contributed by atoms with Crippen molar-refractivity contribution >= 4 is 11.6 Å². The largest absolute Gasteiger partial charge is 0.295 e. The van der Waals surface area contributed by atoms with Crippen LogP contribution in [0.1, 0.15) is 85.5 Å². The minimum atomic E-state index is 0.268. The lowest BCUT2D eigenvalue weighted by molar-refractivity contribution is -0.119. The van der Waals surface area contributed by atoms with Gasteiger partial charge in [0.05, 0.1) is 0 Å². The second-order valence-corrected chi connectivity index (χ2v) is 10.8. The van der Waals surface area contributed by atoms with E-state index in [1.165, 1.54) is 37.7 Å². The molecule has 154 valence electrons. The first-order valence-corrected chi connectivity index (χ1v) is 11.7. The molecule has 0 aromatic rings. The van der Waals surface area contributed by atoms with Crippen LogP contribution in [0.2, 0.25) is 0 Å². The maximum Gasteiger partial charge on any atom is 0.155 e. The second-order valence-electron chi connectivity index (χ2n) is 10.8. The number of rotatable bonds is 4. The molecule has 2 nitrogen and oxygen atoms in total. The molecule has 4 aliphatic rings. The third-order valence-corrected chi connectivity index (χ3v) is 9.60. The van der Waals surface area contributed by atoms with Crippen LogP contribution in [0.25, 0.3) is 0 Å². The predicted octanol–water partition coefficient (Wildman–Crippen LogP) is 6.31. The summed E-state index contributed by atoms with van der Waals surface area (Å²) in [6, 6.07) is 0. The van der Waals surface area contributed by atoms with Crippen molar-refractivity contribution in [3.05, 3.63) is 23.8 Å². The molecule has 4 rings (SSSR count). The molecule has 0 aromatic carbocycles. The Morgan fingerprint density at radius 1 is 1.14 bits per heavy atom. The summed E-state index contributed by atoms with van der Waals surface area (Å²) in [6.45, 7) is 9.28. The van der Waals surface area contributed by atoms with Gasteiger partial charge in [0.2, 0.25) is 0 Å². The molecule has 3 saturated carbocycles. The molecule has 0 saturated heterocycles. The predicted molar refractivity (Wildman–Crippen MR) is 114 cm³/mol. The zero-order valence-corrected chi connectivity index (χ0v) is 18.3. The van der Waals surface area contributed by atoms with Gasteiger partial charge in [-0.3, -0.25) is 9.59 Å². The first kappa shape index (κ1) is 20.1. The standard InChI is InChI=1S/C26H38O2/c1-5-6-19(27)15-17(2)22-9-10-23-21-8-7-18-16-20(28)11-13-25(18,3)24(21)12-14-26(22,23)4/h5-6,16-17,21-24H,7-15H2,1-4H3/b6-5+/t17-,21+,22-,23+,24+,25+,26-/m1/s1. The fraction of sp³-hybridized carbons (Fsp3) is 0.769. The fourth-order valence-electron chi connectivity index (χ4n) is 8.25. The van der Waals surface area contributed by atoms with E-state index in [0.717, 1.165) is 37.0 Å². The zero-order chi connectivity index (χ0) is 20.1. The van der Waals surface area contributed by atoms with E-state index >= 15 is 0 Å². The molecular weight excluding hydrogens is 344 g/mol. The number of carbonyl (C=O) groups excluding carboxylic acids is 2. The van der Waals surface area contributed by atoms with Crippen molar-refractivity contribution in [2.24, 2.45) is 40.4 Å². The number of hydrogen-bond acceptors (Lipinski definition) is 2. The van der Waals surface area contributed by atoms with Crippen LogP contribution in [0.3, 0.4) is 0 Å². The molecule has 4 aliphatic carbocycles. The summed E-state index contributed by atoms with van der Waals surface area (Å²) in [6.07, 6.45) is 15.8. The molecule has 28 heavy (non-hydrogen) atoms. The van der Waals surface area contributed by atoms with E-state index in [0.29, 0.717) is 35.2 Å². The van der Waals surface area contributed by atoms with Crippen LogP contribution in [0.15, 0.2) is 23.8 Å². The summed E-state index contributed by atoms with van der Waals surface area (Å²) in [5.41, 5.74) is 2.14. The minimum Gasteiger partial charge on any atom is -0.295 e. The Bertz CT molecular complexity index is 716. The molecule has 0 aromatic heterocycles. The van der Waals surface area contributed by atoms with Crippen molar-refractivity contribution in [2.75, 3.05) is 0 Å². The zero-order valence-electron chi connectivity index (χ0n) is 18.3. The smallest absolute Gasteiger partial charge is 0.155 e. The van der Waals surface area contributed by atoms with Crippen molar-refractivity contribution in [1.29, 1.82) is 0 Å². The Morgan fingerprint density at radius 2 is 1.93 bits per heavy atom. The molecule has 0 spiro atoms. The lowest BCUT2D eigenvalue weighted by atomic mass is 9.46. The Hall–Kier alpha value is -1.18. The van der Waals surface area contributed by atoms with Crippen LogP contribution < -0.4 is 0 Å². The van der Waals surface area contributed by atoms with E-state index in [1.54, 1.807) is 6.08 Å². The summed E-state index contributed by atoms with van der Waals surface area (Å²) in [4.78, 5) is 24.2. The van der Waals surface area contributed by atoms with Crippen LogP contribution >= 0.6 is 0 Å². The third kappa shape index (κ3) is 3.06. The molecule has 0 bridgehead atoms. The van der Waals surface area contributed by atoms with E-state index in [2.05, 4.69) is 20.8 Å². The first-order chi connectivity index (χ1) is 13.3. The van der Waals surface area contributed by atoms with Crippen LogP contribution in [-0.4, -0.2) is 11.6 Å². The van der Waals surface area contributed by atoms with Gasteiger partial charge in [-0.05, 0) is 104 Å². The van der Waals surface area contributed by atoms with Gasteiger partial charge in [-0.25, -0.2) is 0 Å². The maximum atomic E-state index is 12.2. The second kappa shape index (κ2) is 7.26. The normalized spacial score (nSPS) is 43.9. The van der Waals surface area contributed by atoms with Gasteiger partial charge in [-0.1, -0.05) is 32.4 Å². The number of carbonyl (C=O) groups is 2. The highest BCUT2D eigenvalue weighted by Gasteiger charge is 2.59. The number of allylic oxidation sites excluding steroid dienone is 3. The van der Waals surface area contributed by atoms with Crippen molar-refractivity contribution < 1.29 is 9.59 Å². The fourth-order valence-corrected chi connectivity index (χ4v) is 8.25. The lowest BCUT2D eigenvalue weighted by Gasteiger charge is -2.58. The summed E-state index contributed by atoms with van der Waals surface area (Å²) in [5, 5.41) is 0. The molecule has 3 fully saturated rings. The third-order valence-electron chi connectivity index (χ3n) is 9.60. The first-order valence-electron chi connectivity index (χ1n) is 11.7. The topological polar surface area (TPSA) is 34.1 Å². The van der Waals surface area contributed by atoms with Gasteiger partial charge in [0.1, 0.15) is 0 Å². The summed E-state index contributed by atoms with van der Waals surface area (Å²) in [5.74, 6) is 4.21. The molecular formula is C26H38O2. The van der Waals surface area contributed by atoms with Gasteiger partial charge in [0, 0.05) is 12.8 Å². The molecule has 0 radical (unpaired) electrons. The summed E-state index contributed by atoms with van der Waals surface area (Å²) >= 11 is 0. The molecule has 7 atom stereocenters. The molecule has 0 aliphatic heterocycles. The van der Waals surface area contributed by atoms with Gasteiger partial charge >= 0.3 is 0 Å². The van der Waals surface area contributed by atoms with Crippen LogP contribution in [0.4, 0.5) is 0 Å². The highest BCUT2D eigenvalue weighted by molar-refractivity contribution is 5.91. The molecule has 0 amide bonds. The molecule has 2 heteroatoms. The van der Waals surface area contributed by atoms with Crippen molar-refractivity contribution in [2.45, 2.75) is 85.5 Å². The lowest BCUT2D eigenvalue weighted by Crippen LogP contribution is -2.51. The van der Waals surface area contributed by atoms with E-state index in [4.69, 9.17) is 0 Å². The van der Waals surface area contributed by atoms with Gasteiger partial charge < -0.3 is 0 Å². The van der Waals surface area contributed by atoms with Gasteiger partial charge in [0.25, 0.3) is 0 Å². The number of ketones is 2. The van der Waals surface area contributed by atoms with Crippen LogP contribution in [0, 0.1) is 40.4 Å². The van der Waals surface area contributed by atoms with Crippen molar-refractivity contribution in [3.8, 4) is 0 Å². The molecule has 0 unspecified atom stereocenters. The van der Waals surface area contributed by atoms with E-state index in [1.807, 2.05) is 19.1 Å². The van der Waals surface area contributed by atoms with Crippen LogP contribution in [0.5, 0.6) is 0 Å². The Kier molecular flexibility index (Phi) is 5.21. The summed E-state index contributed by atoms with van der Waals surface area (Å²) in [7, 11) is 0. The molecule has 0 N–H and O–H groups in total. The summed E-state index contributed by atoms with van der Waals surface area (Å²) < 4.78 is 0. The molecule has 0 heterocycles. The highest BCUT2D eigenvalue weighted by Crippen LogP contribution is 2.67. The highest BCUT2D eigenvalue weighted by atomic mass is 16.1. The van der Waals surface area contributed by atoms with Crippen molar-refractivity contribution in [1.82, 2.24) is 0 Å². The number of fused-ring (bicyclic) bond motifs is 5. The van der Waals surface area contributed by atoms with Crippen molar-refractivity contribution in [3.63, 3.8) is 0 Å². The SMILES string of the molecule is C/C=C/C(=O)C[C@@H](C)[C@H]1CC[C@H]2[C@@H]3CCC4=CC(=O)CC[C@]4(C)[C@H]3CC[C@]12C. The maximum absolute atomic E-state index is 12.2.